The molecule has 0 radical (unpaired) electrons. The van der Waals surface area contributed by atoms with Crippen LogP contribution in [0.5, 0.6) is 5.75 Å². The maximum absolute atomic E-state index is 12.4. The van der Waals surface area contributed by atoms with E-state index in [1.165, 1.54) is 4.90 Å². The van der Waals surface area contributed by atoms with Crippen molar-refractivity contribution in [2.75, 3.05) is 18.9 Å². The van der Waals surface area contributed by atoms with Crippen LogP contribution in [0.15, 0.2) is 48.5 Å². The summed E-state index contributed by atoms with van der Waals surface area (Å²) >= 11 is 0. The lowest BCUT2D eigenvalue weighted by Gasteiger charge is -2.22. The third-order valence-electron chi connectivity index (χ3n) is 3.83. The first-order valence-corrected chi connectivity index (χ1v) is 8.20. The Kier molecular flexibility index (Phi) is 6.17. The van der Waals surface area contributed by atoms with Crippen molar-refractivity contribution in [2.24, 2.45) is 0 Å². The normalized spacial score (nSPS) is 11.5. The number of nitrogens with one attached hydrogen (secondary N) is 1. The molecule has 5 nitrogen and oxygen atoms in total. The van der Waals surface area contributed by atoms with Gasteiger partial charge in [-0.05, 0) is 50.1 Å². The molecule has 1 N–H and O–H groups in total. The Hall–Kier alpha value is -2.82. The maximum Gasteiger partial charge on any atom is 0.263 e. The molecular weight excluding hydrogens is 316 g/mol. The van der Waals surface area contributed by atoms with E-state index in [4.69, 9.17) is 4.74 Å². The van der Waals surface area contributed by atoms with Crippen LogP contribution in [0.3, 0.4) is 0 Å². The van der Waals surface area contributed by atoms with Gasteiger partial charge >= 0.3 is 0 Å². The summed E-state index contributed by atoms with van der Waals surface area (Å²) in [4.78, 5) is 26.0. The molecule has 5 heteroatoms. The number of hydrogen-bond donors (Lipinski definition) is 1. The van der Waals surface area contributed by atoms with Crippen LogP contribution < -0.4 is 10.1 Å². The van der Waals surface area contributed by atoms with Gasteiger partial charge in [0.1, 0.15) is 5.75 Å². The van der Waals surface area contributed by atoms with Crippen molar-refractivity contribution in [3.8, 4) is 5.75 Å². The van der Waals surface area contributed by atoms with E-state index in [9.17, 15) is 9.59 Å². The van der Waals surface area contributed by atoms with Gasteiger partial charge in [-0.15, -0.1) is 0 Å². The second kappa shape index (κ2) is 8.33. The fourth-order valence-corrected chi connectivity index (χ4v) is 2.42. The quantitative estimate of drug-likeness (QED) is 0.879. The van der Waals surface area contributed by atoms with Crippen molar-refractivity contribution >= 4 is 17.5 Å². The van der Waals surface area contributed by atoms with E-state index >= 15 is 0 Å². The number of ether oxygens (including phenoxy) is 1. The van der Waals surface area contributed by atoms with Crippen molar-refractivity contribution in [1.29, 1.82) is 0 Å². The third kappa shape index (κ3) is 5.35. The molecule has 0 aliphatic rings. The summed E-state index contributed by atoms with van der Waals surface area (Å²) in [6, 6.07) is 15.0. The van der Waals surface area contributed by atoms with Crippen LogP contribution in [0.4, 0.5) is 5.69 Å². The predicted octanol–water partition coefficient (Wildman–Crippen LogP) is 3.17. The number of aryl methyl sites for hydroxylation is 2. The fraction of sp³-hybridized carbons (Fsp3) is 0.300. The van der Waals surface area contributed by atoms with E-state index in [0.29, 0.717) is 5.75 Å². The number of anilines is 1. The smallest absolute Gasteiger partial charge is 0.263 e. The maximum atomic E-state index is 12.4. The molecule has 2 aromatic carbocycles. The van der Waals surface area contributed by atoms with Crippen molar-refractivity contribution in [1.82, 2.24) is 4.90 Å². The minimum atomic E-state index is -0.666. The zero-order chi connectivity index (χ0) is 18.4. The lowest BCUT2D eigenvalue weighted by atomic mass is 10.1. The first-order chi connectivity index (χ1) is 11.9. The fourth-order valence-electron chi connectivity index (χ4n) is 2.42. The number of para-hydroxylation sites is 1. The summed E-state index contributed by atoms with van der Waals surface area (Å²) in [5.74, 6) is 0.132. The Balaban J connectivity index is 1.91. The lowest BCUT2D eigenvalue weighted by molar-refractivity contribution is -0.139. The molecule has 0 fully saturated rings. The summed E-state index contributed by atoms with van der Waals surface area (Å²) in [7, 11) is 1.59. The topological polar surface area (TPSA) is 58.6 Å². The molecule has 25 heavy (non-hydrogen) atoms. The van der Waals surface area contributed by atoms with Crippen LogP contribution in [-0.2, 0) is 9.59 Å². The molecule has 1 atom stereocenters. The average molecular weight is 340 g/mol. The molecule has 2 rings (SSSR count). The molecule has 2 amide bonds. The van der Waals surface area contributed by atoms with Crippen molar-refractivity contribution in [3.63, 3.8) is 0 Å². The van der Waals surface area contributed by atoms with E-state index in [2.05, 4.69) is 5.32 Å². The van der Waals surface area contributed by atoms with Gasteiger partial charge in [0.25, 0.3) is 5.91 Å². The van der Waals surface area contributed by atoms with Gasteiger partial charge in [-0.25, -0.2) is 0 Å². The van der Waals surface area contributed by atoms with Crippen LogP contribution in [0, 0.1) is 13.8 Å². The molecule has 132 valence electrons. The Morgan fingerprint density at radius 3 is 2.48 bits per heavy atom. The molecule has 0 aliphatic carbocycles. The van der Waals surface area contributed by atoms with Crippen molar-refractivity contribution < 1.29 is 14.3 Å². The van der Waals surface area contributed by atoms with Gasteiger partial charge in [-0.3, -0.25) is 9.59 Å². The number of carbonyl (C=O) groups excluding carboxylic acids is 2. The summed E-state index contributed by atoms with van der Waals surface area (Å²) in [6.45, 7) is 5.54. The van der Waals surface area contributed by atoms with Gasteiger partial charge < -0.3 is 15.0 Å². The number of likely N-dealkylation sites (N-methyl/N-ethyl adjacent to an activating group) is 1. The average Bonchev–Trinajstić information content (AvgIpc) is 2.58. The van der Waals surface area contributed by atoms with E-state index in [1.54, 1.807) is 26.1 Å². The summed E-state index contributed by atoms with van der Waals surface area (Å²) in [5.41, 5.74) is 2.81. The summed E-state index contributed by atoms with van der Waals surface area (Å²) in [6.07, 6.45) is -0.666. The van der Waals surface area contributed by atoms with E-state index in [-0.39, 0.29) is 18.4 Å². The van der Waals surface area contributed by atoms with Crippen molar-refractivity contribution in [3.05, 3.63) is 59.7 Å². The second-order valence-electron chi connectivity index (χ2n) is 6.13. The van der Waals surface area contributed by atoms with Crippen LogP contribution in [0.1, 0.15) is 18.1 Å². The number of carbonyl (C=O) groups is 2. The minimum absolute atomic E-state index is 0.0330. The number of benzene rings is 2. The van der Waals surface area contributed by atoms with Crippen LogP contribution in [0.25, 0.3) is 0 Å². The molecule has 0 saturated carbocycles. The van der Waals surface area contributed by atoms with E-state index < -0.39 is 6.10 Å². The molecule has 0 bridgehead atoms. The van der Waals surface area contributed by atoms with Gasteiger partial charge in [-0.2, -0.15) is 0 Å². The number of rotatable bonds is 6. The highest BCUT2D eigenvalue weighted by Gasteiger charge is 2.21. The largest absolute Gasteiger partial charge is 0.481 e. The second-order valence-corrected chi connectivity index (χ2v) is 6.13. The Labute approximate surface area is 148 Å². The first kappa shape index (κ1) is 18.5. The number of hydrogen-bond acceptors (Lipinski definition) is 3. The molecule has 0 heterocycles. The Morgan fingerprint density at radius 1 is 1.12 bits per heavy atom. The third-order valence-corrected chi connectivity index (χ3v) is 3.83. The number of amides is 2. The van der Waals surface area contributed by atoms with Crippen LogP contribution >= 0.6 is 0 Å². The predicted molar refractivity (Wildman–Crippen MR) is 98.7 cm³/mol. The molecule has 1 unspecified atom stereocenters. The number of nitrogens with zero attached hydrogens (tertiary/aromatic N) is 1. The first-order valence-electron chi connectivity index (χ1n) is 8.20. The summed E-state index contributed by atoms with van der Waals surface area (Å²) in [5, 5.41) is 2.85. The SMILES string of the molecule is Cc1ccc(C)c(NC(=O)CN(C)C(=O)C(C)Oc2ccccc2)c1. The highest BCUT2D eigenvalue weighted by molar-refractivity contribution is 5.95. The van der Waals surface area contributed by atoms with Gasteiger partial charge in [0.15, 0.2) is 6.10 Å². The van der Waals surface area contributed by atoms with Crippen LogP contribution in [0.2, 0.25) is 0 Å². The zero-order valence-corrected chi connectivity index (χ0v) is 15.1. The standard InChI is InChI=1S/C20H24N2O3/c1-14-10-11-15(2)18(12-14)21-19(23)13-22(4)20(24)16(3)25-17-8-6-5-7-9-17/h5-12,16H,13H2,1-4H3,(H,21,23). The van der Waals surface area contributed by atoms with Crippen molar-refractivity contribution in [2.45, 2.75) is 26.9 Å². The minimum Gasteiger partial charge on any atom is -0.481 e. The molecule has 0 spiro atoms. The van der Waals surface area contributed by atoms with E-state index in [0.717, 1.165) is 16.8 Å². The van der Waals surface area contributed by atoms with Gasteiger partial charge in [0.2, 0.25) is 5.91 Å². The van der Waals surface area contributed by atoms with Gasteiger partial charge in [0.05, 0.1) is 6.54 Å². The highest BCUT2D eigenvalue weighted by Crippen LogP contribution is 2.16. The molecule has 0 saturated heterocycles. The monoisotopic (exact) mass is 340 g/mol. The lowest BCUT2D eigenvalue weighted by Crippen LogP contribution is -2.42. The molecule has 2 aromatic rings. The highest BCUT2D eigenvalue weighted by atomic mass is 16.5. The van der Waals surface area contributed by atoms with E-state index in [1.807, 2.05) is 50.2 Å². The molecular formula is C20H24N2O3. The van der Waals surface area contributed by atoms with Gasteiger partial charge in [0, 0.05) is 12.7 Å². The molecule has 0 aliphatic heterocycles. The Morgan fingerprint density at radius 2 is 1.80 bits per heavy atom. The molecule has 0 aromatic heterocycles. The van der Waals surface area contributed by atoms with Gasteiger partial charge in [-0.1, -0.05) is 30.3 Å². The Bertz CT molecular complexity index is 744. The zero-order valence-electron chi connectivity index (χ0n) is 15.1. The summed E-state index contributed by atoms with van der Waals surface area (Å²) < 4.78 is 5.61. The van der Waals surface area contributed by atoms with Crippen LogP contribution in [-0.4, -0.2) is 36.4 Å².